The van der Waals surface area contributed by atoms with Crippen LogP contribution in [0.25, 0.3) is 0 Å². The number of nitrogens with one attached hydrogen (secondary N) is 1. The molecule has 8 atom stereocenters. The Morgan fingerprint density at radius 1 is 1.07 bits per heavy atom. The van der Waals surface area contributed by atoms with Gasteiger partial charge in [0.25, 0.3) is 5.91 Å². The summed E-state index contributed by atoms with van der Waals surface area (Å²) in [5.41, 5.74) is 2.99. The second-order valence-corrected chi connectivity index (χ2v) is 22.7. The second kappa shape index (κ2) is 15.7. The monoisotopic (exact) mass is 841 g/mol. The molecule has 4 heterocycles. The van der Waals surface area contributed by atoms with Crippen molar-refractivity contribution in [2.75, 3.05) is 83.8 Å². The highest BCUT2D eigenvalue weighted by molar-refractivity contribution is 7.99. The molecular formula is C43H60ClN5O6S2. The number of ether oxygens (including phenoxy) is 2. The van der Waals surface area contributed by atoms with Crippen LogP contribution in [0.1, 0.15) is 67.4 Å². The Hall–Kier alpha value is -2.65. The van der Waals surface area contributed by atoms with Crippen LogP contribution < -0.4 is 14.4 Å². The summed E-state index contributed by atoms with van der Waals surface area (Å²) in [6.45, 7) is 11.0. The SMILES string of the molecule is C=S1(=O)NC(=O)c2ccc3c(c2)N(C[C@@H]2CC[C@H]2[C@](CN2CCN4CCN(S(C)(=O)=O)CC4C2)(OC)/C=C/C[C@H](C)[C@H]1C)C[C@@]1(CCCc2cc(Cl)ccc21)CO3. The molecule has 2 aromatic carbocycles. The fourth-order valence-electron chi connectivity index (χ4n) is 10.7. The van der Waals surface area contributed by atoms with Crippen LogP contribution in [0.4, 0.5) is 5.69 Å². The third-order valence-corrected chi connectivity index (χ3v) is 18.1. The van der Waals surface area contributed by atoms with Gasteiger partial charge in [-0.05, 0) is 111 Å². The number of allylic oxidation sites excluding steroid dienone is 1. The van der Waals surface area contributed by atoms with Crippen molar-refractivity contribution in [3.05, 3.63) is 70.3 Å². The predicted molar refractivity (Wildman–Crippen MR) is 230 cm³/mol. The van der Waals surface area contributed by atoms with Crippen molar-refractivity contribution in [3.8, 4) is 5.75 Å². The van der Waals surface area contributed by atoms with Crippen LogP contribution in [-0.2, 0) is 36.3 Å². The van der Waals surface area contributed by atoms with E-state index in [0.717, 1.165) is 87.8 Å². The largest absolute Gasteiger partial charge is 0.490 e. The zero-order valence-corrected chi connectivity index (χ0v) is 36.3. The highest BCUT2D eigenvalue weighted by Gasteiger charge is 2.50. The Morgan fingerprint density at radius 2 is 1.88 bits per heavy atom. The molecule has 3 fully saturated rings. The molecule has 0 aromatic heterocycles. The number of anilines is 1. The summed E-state index contributed by atoms with van der Waals surface area (Å²) in [6, 6.07) is 12.0. The van der Waals surface area contributed by atoms with E-state index in [9.17, 15) is 17.4 Å². The van der Waals surface area contributed by atoms with Crippen molar-refractivity contribution >= 4 is 48.8 Å². The average Bonchev–Trinajstić information content (AvgIpc) is 3.31. The van der Waals surface area contributed by atoms with E-state index in [4.69, 9.17) is 21.1 Å². The van der Waals surface area contributed by atoms with Crippen LogP contribution in [0.2, 0.25) is 5.02 Å². The normalized spacial score (nSPS) is 36.1. The number of fused-ring (bicyclic) bond motifs is 5. The van der Waals surface area contributed by atoms with E-state index in [1.165, 1.54) is 17.4 Å². The van der Waals surface area contributed by atoms with E-state index in [0.29, 0.717) is 44.1 Å². The van der Waals surface area contributed by atoms with Gasteiger partial charge in [-0.3, -0.25) is 19.3 Å². The number of piperazine rings is 2. The maximum absolute atomic E-state index is 14.1. The fraction of sp³-hybridized carbons (Fsp3) is 0.628. The Kier molecular flexibility index (Phi) is 11.4. The Labute approximate surface area is 345 Å². The Balaban J connectivity index is 1.17. The van der Waals surface area contributed by atoms with Gasteiger partial charge in [0.1, 0.15) is 11.4 Å². The van der Waals surface area contributed by atoms with Crippen LogP contribution in [0.15, 0.2) is 48.6 Å². The molecule has 8 rings (SSSR count). The molecule has 4 aliphatic heterocycles. The number of rotatable bonds is 4. The zero-order valence-electron chi connectivity index (χ0n) is 34.0. The van der Waals surface area contributed by atoms with E-state index in [1.807, 2.05) is 32.2 Å². The first kappa shape index (κ1) is 41.1. The summed E-state index contributed by atoms with van der Waals surface area (Å²) >= 11 is 6.53. The first-order chi connectivity index (χ1) is 27.1. The van der Waals surface area contributed by atoms with Crippen molar-refractivity contribution < 1.29 is 26.9 Å². The van der Waals surface area contributed by atoms with Gasteiger partial charge in [-0.25, -0.2) is 12.6 Å². The standard InChI is InChI=1S/C43H60ClN5O6S2/c1-30-8-6-17-43(54-3,28-46-18-19-47-20-21-49(57(5,52)53)26-36(47)25-46)38-13-10-34(38)24-48-27-42(16-7-9-32-22-35(44)12-14-37(32)42)29-55-40-15-11-33(23-39(40)48)41(50)45-56(4,51)31(30)2/h6,11-12,14-15,17,22-23,30-31,34,36,38H,4,7-10,13,16,18-21,24-29H2,1-3,5H3,(H,45,50,51)/b17-6+/t30-,31+,34-,36?,38+,42-,43-,56?/m0/s1. The molecule has 1 amide bonds. The second-order valence-electron chi connectivity index (χ2n) is 17.9. The van der Waals surface area contributed by atoms with Gasteiger partial charge in [0, 0.05) is 93.3 Å². The molecule has 2 unspecified atom stereocenters. The Morgan fingerprint density at radius 3 is 2.63 bits per heavy atom. The van der Waals surface area contributed by atoms with Crippen LogP contribution in [0.3, 0.4) is 0 Å². The van der Waals surface area contributed by atoms with Crippen molar-refractivity contribution in [2.24, 2.45) is 17.8 Å². The topological polar surface area (TPSA) is 112 Å². The smallest absolute Gasteiger partial charge is 0.262 e. The van der Waals surface area contributed by atoms with Crippen LogP contribution in [0.5, 0.6) is 5.75 Å². The molecule has 312 valence electrons. The lowest BCUT2D eigenvalue weighted by Gasteiger charge is -2.53. The average molecular weight is 843 g/mol. The quantitative estimate of drug-likeness (QED) is 0.342. The molecule has 2 aliphatic carbocycles. The maximum atomic E-state index is 14.1. The molecule has 2 bridgehead atoms. The minimum atomic E-state index is -3.27. The molecule has 14 heteroatoms. The number of hydrogen-bond acceptors (Lipinski definition) is 9. The van der Waals surface area contributed by atoms with Gasteiger partial charge in [0.05, 0.1) is 28.3 Å². The third kappa shape index (κ3) is 8.03. The summed E-state index contributed by atoms with van der Waals surface area (Å²) in [6.07, 6.45) is 11.5. The van der Waals surface area contributed by atoms with Crippen molar-refractivity contribution in [1.29, 1.82) is 0 Å². The van der Waals surface area contributed by atoms with Gasteiger partial charge in [-0.15, -0.1) is 0 Å². The number of nitrogens with zero attached hydrogens (tertiary/aromatic N) is 4. The number of carbonyl (C=O) groups is 1. The highest BCUT2D eigenvalue weighted by atomic mass is 35.5. The van der Waals surface area contributed by atoms with Gasteiger partial charge in [-0.2, -0.15) is 4.31 Å². The van der Waals surface area contributed by atoms with Gasteiger partial charge in [-0.1, -0.05) is 36.7 Å². The van der Waals surface area contributed by atoms with E-state index < -0.39 is 31.2 Å². The molecule has 6 aliphatic rings. The number of hydrogen-bond donors (Lipinski definition) is 1. The van der Waals surface area contributed by atoms with Crippen LogP contribution in [0, 0.1) is 17.8 Å². The molecule has 1 saturated carbocycles. The number of amides is 1. The van der Waals surface area contributed by atoms with Gasteiger partial charge in [0.2, 0.25) is 10.0 Å². The van der Waals surface area contributed by atoms with E-state index in [1.54, 1.807) is 10.4 Å². The first-order valence-corrected chi connectivity index (χ1v) is 24.7. The molecule has 2 saturated heterocycles. The zero-order chi connectivity index (χ0) is 40.3. The van der Waals surface area contributed by atoms with E-state index in [2.05, 4.69) is 56.5 Å². The number of sulfonamides is 1. The molecule has 1 N–H and O–H groups in total. The van der Waals surface area contributed by atoms with E-state index in [-0.39, 0.29) is 28.5 Å². The third-order valence-electron chi connectivity index (χ3n) is 14.4. The van der Waals surface area contributed by atoms with Crippen molar-refractivity contribution in [1.82, 2.24) is 18.8 Å². The maximum Gasteiger partial charge on any atom is 0.262 e. The molecule has 57 heavy (non-hydrogen) atoms. The highest BCUT2D eigenvalue weighted by Crippen LogP contribution is 2.49. The molecule has 2 aromatic rings. The van der Waals surface area contributed by atoms with Crippen molar-refractivity contribution in [2.45, 2.75) is 74.7 Å². The van der Waals surface area contributed by atoms with Gasteiger partial charge in [0.15, 0.2) is 0 Å². The van der Waals surface area contributed by atoms with Crippen LogP contribution >= 0.6 is 11.6 Å². The summed E-state index contributed by atoms with van der Waals surface area (Å²) in [7, 11) is -4.44. The minimum absolute atomic E-state index is 0.0284. The lowest BCUT2D eigenvalue weighted by molar-refractivity contribution is -0.101. The van der Waals surface area contributed by atoms with E-state index >= 15 is 0 Å². The van der Waals surface area contributed by atoms with Crippen molar-refractivity contribution in [3.63, 3.8) is 0 Å². The molecule has 1 spiro atoms. The number of carbonyl (C=O) groups excluding carboxylic acids is 1. The summed E-state index contributed by atoms with van der Waals surface area (Å²) in [5, 5.41) is 0.360. The number of halogens is 1. The summed E-state index contributed by atoms with van der Waals surface area (Å²) in [5.74, 6) is 4.89. The lowest BCUT2D eigenvalue weighted by Crippen LogP contribution is -2.65. The fourth-order valence-corrected chi connectivity index (χ4v) is 13.2. The summed E-state index contributed by atoms with van der Waals surface area (Å²) in [4.78, 5) is 21.3. The summed E-state index contributed by atoms with van der Waals surface area (Å²) < 4.78 is 57.2. The Bertz CT molecular complexity index is 2120. The predicted octanol–water partition coefficient (Wildman–Crippen LogP) is 4.83. The minimum Gasteiger partial charge on any atom is -0.490 e. The van der Waals surface area contributed by atoms with Gasteiger partial charge < -0.3 is 14.4 Å². The van der Waals surface area contributed by atoms with Gasteiger partial charge >= 0.3 is 0 Å². The number of methoxy groups -OCH3 is 1. The molecule has 0 radical (unpaired) electrons. The first-order valence-electron chi connectivity index (χ1n) is 20.7. The lowest BCUT2D eigenvalue weighted by atomic mass is 9.63. The number of aryl methyl sites for hydroxylation is 1. The van der Waals surface area contributed by atoms with Crippen LogP contribution in [-0.4, -0.2) is 134 Å². The number of benzene rings is 2. The molecular weight excluding hydrogens is 782 g/mol. The molecule has 11 nitrogen and oxygen atoms in total.